The first kappa shape index (κ1) is 36.5. The summed E-state index contributed by atoms with van der Waals surface area (Å²) in [5.41, 5.74) is 6.22. The molecule has 0 saturated carbocycles. The molecule has 2 N–H and O–H groups in total. The van der Waals surface area contributed by atoms with Crippen molar-refractivity contribution in [2.45, 2.75) is 25.7 Å². The van der Waals surface area contributed by atoms with Crippen LogP contribution in [0.3, 0.4) is 0 Å². The van der Waals surface area contributed by atoms with Gasteiger partial charge in [0.2, 0.25) is 0 Å². The van der Waals surface area contributed by atoms with Crippen LogP contribution in [0.2, 0.25) is 0 Å². The van der Waals surface area contributed by atoms with Crippen LogP contribution in [0.25, 0.3) is 33.0 Å². The monoisotopic (exact) mass is 636 g/mol. The van der Waals surface area contributed by atoms with Crippen LogP contribution >= 0.6 is 24.8 Å². The van der Waals surface area contributed by atoms with Gasteiger partial charge in [0.15, 0.2) is 0 Å². The third-order valence-electron chi connectivity index (χ3n) is 7.94. The van der Waals surface area contributed by atoms with Crippen LogP contribution in [0.5, 0.6) is 0 Å². The van der Waals surface area contributed by atoms with Crippen LogP contribution in [0.15, 0.2) is 87.0 Å². The first-order valence-electron chi connectivity index (χ1n) is 14.5. The van der Waals surface area contributed by atoms with Crippen molar-refractivity contribution in [3.05, 3.63) is 109 Å². The first-order valence-corrected chi connectivity index (χ1v) is 14.5. The molecule has 0 fully saturated rings. The summed E-state index contributed by atoms with van der Waals surface area (Å²) in [5.74, 6) is -1.92. The molecule has 3 aromatic rings. The summed E-state index contributed by atoms with van der Waals surface area (Å²) in [6, 6.07) is 11.0. The molecule has 44 heavy (non-hydrogen) atoms. The fraction of sp³-hybridized carbons (Fsp3) is 0.278. The maximum absolute atomic E-state index is 13.0. The molecule has 0 saturated heterocycles. The topological polar surface area (TPSA) is 81.1 Å². The lowest BCUT2D eigenvalue weighted by Crippen LogP contribution is -2.26. The second kappa shape index (κ2) is 17.0. The lowest BCUT2D eigenvalue weighted by atomic mass is 9.84. The van der Waals surface area contributed by atoms with Crippen LogP contribution in [-0.2, 0) is 12.8 Å². The highest BCUT2D eigenvalue weighted by Gasteiger charge is 2.31. The van der Waals surface area contributed by atoms with E-state index in [1.54, 1.807) is 12.1 Å². The Labute approximate surface area is 272 Å². The molecule has 0 atom stereocenters. The average molecular weight is 638 g/mol. The smallest absolute Gasteiger partial charge is 0.336 e. The highest BCUT2D eigenvalue weighted by atomic mass is 35.5. The van der Waals surface area contributed by atoms with Gasteiger partial charge >= 0.3 is 11.9 Å². The van der Waals surface area contributed by atoms with Crippen LogP contribution in [0.4, 0.5) is 0 Å². The number of aromatic carboxylic acids is 2. The zero-order valence-electron chi connectivity index (χ0n) is 25.1. The van der Waals surface area contributed by atoms with E-state index in [2.05, 4.69) is 36.1 Å². The van der Waals surface area contributed by atoms with Gasteiger partial charge < -0.3 is 10.2 Å². The van der Waals surface area contributed by atoms with E-state index in [1.165, 1.54) is 0 Å². The molecular weight excluding hydrogens is 595 g/mol. The van der Waals surface area contributed by atoms with Gasteiger partial charge in [0.25, 0.3) is 0 Å². The van der Waals surface area contributed by atoms with Gasteiger partial charge in [-0.3, -0.25) is 9.80 Å². The zero-order valence-corrected chi connectivity index (χ0v) is 26.7. The van der Waals surface area contributed by atoms with Crippen molar-refractivity contribution in [3.63, 3.8) is 0 Å². The minimum absolute atomic E-state index is 0. The van der Waals surface area contributed by atoms with E-state index in [0.29, 0.717) is 23.8 Å². The third kappa shape index (κ3) is 7.69. The highest BCUT2D eigenvalue weighted by molar-refractivity contribution is 6.21. The third-order valence-corrected chi connectivity index (χ3v) is 7.94. The Morgan fingerprint density at radius 2 is 1.23 bits per heavy atom. The molecule has 6 nitrogen and oxygen atoms in total. The van der Waals surface area contributed by atoms with Crippen LogP contribution in [0, 0.1) is 0 Å². The van der Waals surface area contributed by atoms with Gasteiger partial charge in [0.1, 0.15) is 0 Å². The summed E-state index contributed by atoms with van der Waals surface area (Å²) in [6.07, 6.45) is 10.4. The molecule has 0 aromatic heterocycles. The molecule has 3 aromatic carbocycles. The number of halogens is 2. The number of hydrogen-bond donors (Lipinski definition) is 2. The standard InChI is InChI=1S/C36H40N2O4.2ClH/c1-5-18-37(19-6-2)22-10-14-26-27(15-11-23-38(20-7-3)21-8-4)34(36(41)42)30-13-9-12-28-31-24-25(35(39)40)16-17-29(31)32(26)33(28)30;;/h5-9,12-13,16-17,24H,1-4,10-11,14-15,18-23H2,(H,39,40)(H,41,42);2*1H. The minimum atomic E-state index is -0.985. The van der Waals surface area contributed by atoms with Crippen molar-refractivity contribution in [2.75, 3.05) is 39.3 Å². The van der Waals surface area contributed by atoms with Gasteiger partial charge in [0, 0.05) is 26.2 Å². The van der Waals surface area contributed by atoms with E-state index in [0.717, 1.165) is 90.9 Å². The Morgan fingerprint density at radius 3 is 1.73 bits per heavy atom. The summed E-state index contributed by atoms with van der Waals surface area (Å²) in [7, 11) is 0. The fourth-order valence-electron chi connectivity index (χ4n) is 6.28. The normalized spacial score (nSPS) is 11.0. The number of carboxylic acids is 2. The SMILES string of the molecule is C=CCN(CC=C)CCCc1c(CCCN(CC=C)CC=C)c2c3c(cccc3c1C(=O)O)-c1cc(C(=O)O)ccc1-2.Cl.Cl. The number of rotatable bonds is 18. The van der Waals surface area contributed by atoms with Gasteiger partial charge in [-0.25, -0.2) is 9.59 Å². The Kier molecular flexibility index (Phi) is 14.1. The molecule has 1 aliphatic carbocycles. The Hall–Kier alpha value is -3.68. The van der Waals surface area contributed by atoms with Crippen LogP contribution in [0.1, 0.15) is 44.7 Å². The number of carbonyl (C=O) groups is 2. The molecule has 0 spiro atoms. The molecule has 0 unspecified atom stereocenters. The Balaban J connectivity index is 0.00000337. The molecule has 4 rings (SSSR count). The van der Waals surface area contributed by atoms with Gasteiger partial charge in [-0.2, -0.15) is 0 Å². The van der Waals surface area contributed by atoms with Gasteiger partial charge in [-0.15, -0.1) is 51.1 Å². The largest absolute Gasteiger partial charge is 0.478 e. The maximum atomic E-state index is 13.0. The molecule has 0 aliphatic heterocycles. The minimum Gasteiger partial charge on any atom is -0.478 e. The van der Waals surface area contributed by atoms with Crippen molar-refractivity contribution >= 4 is 47.5 Å². The Bertz CT molecular complexity index is 1530. The van der Waals surface area contributed by atoms with Crippen molar-refractivity contribution in [2.24, 2.45) is 0 Å². The zero-order chi connectivity index (χ0) is 30.2. The van der Waals surface area contributed by atoms with Crippen molar-refractivity contribution in [3.8, 4) is 22.3 Å². The molecule has 0 amide bonds. The lowest BCUT2D eigenvalue weighted by molar-refractivity contribution is 0.0686. The van der Waals surface area contributed by atoms with Crippen LogP contribution in [-0.4, -0.2) is 71.2 Å². The lowest BCUT2D eigenvalue weighted by Gasteiger charge is -2.23. The van der Waals surface area contributed by atoms with E-state index in [4.69, 9.17) is 0 Å². The molecule has 0 heterocycles. The molecule has 0 bridgehead atoms. The molecule has 234 valence electrons. The summed E-state index contributed by atoms with van der Waals surface area (Å²) in [6.45, 7) is 20.1. The van der Waals surface area contributed by atoms with Crippen molar-refractivity contribution in [1.82, 2.24) is 9.80 Å². The molecule has 1 aliphatic rings. The highest BCUT2D eigenvalue weighted by Crippen LogP contribution is 2.51. The summed E-state index contributed by atoms with van der Waals surface area (Å²) >= 11 is 0. The molecular formula is C36H42Cl2N2O4. The number of carboxylic acid groups (broad SMARTS) is 2. The summed E-state index contributed by atoms with van der Waals surface area (Å²) in [4.78, 5) is 29.3. The number of fused-ring (bicyclic) bond motifs is 3. The number of nitrogens with zero attached hydrogens (tertiary/aromatic N) is 2. The van der Waals surface area contributed by atoms with E-state index in [1.807, 2.05) is 48.6 Å². The predicted octanol–water partition coefficient (Wildman–Crippen LogP) is 7.94. The quantitative estimate of drug-likeness (QED) is 0.108. The first-order chi connectivity index (χ1) is 20.4. The second-order valence-electron chi connectivity index (χ2n) is 10.7. The van der Waals surface area contributed by atoms with Crippen molar-refractivity contribution in [1.29, 1.82) is 0 Å². The van der Waals surface area contributed by atoms with Gasteiger partial charge in [0.05, 0.1) is 11.1 Å². The predicted molar refractivity (Wildman–Crippen MR) is 187 cm³/mol. The van der Waals surface area contributed by atoms with Crippen LogP contribution < -0.4 is 0 Å². The van der Waals surface area contributed by atoms with Crippen molar-refractivity contribution < 1.29 is 19.8 Å². The number of hydrogen-bond acceptors (Lipinski definition) is 4. The number of benzene rings is 3. The maximum Gasteiger partial charge on any atom is 0.336 e. The van der Waals surface area contributed by atoms with E-state index in [-0.39, 0.29) is 30.4 Å². The Morgan fingerprint density at radius 1 is 0.682 bits per heavy atom. The second-order valence-corrected chi connectivity index (χ2v) is 10.7. The fourth-order valence-corrected chi connectivity index (χ4v) is 6.28. The average Bonchev–Trinajstić information content (AvgIpc) is 3.29. The van der Waals surface area contributed by atoms with E-state index >= 15 is 0 Å². The van der Waals surface area contributed by atoms with Gasteiger partial charge in [-0.05, 0) is 95.1 Å². The van der Waals surface area contributed by atoms with Gasteiger partial charge in [-0.1, -0.05) is 48.6 Å². The summed E-state index contributed by atoms with van der Waals surface area (Å²) < 4.78 is 0. The van der Waals surface area contributed by atoms with E-state index in [9.17, 15) is 19.8 Å². The van der Waals surface area contributed by atoms with E-state index < -0.39 is 11.9 Å². The molecule has 0 radical (unpaired) electrons. The molecule has 8 heteroatoms. The summed E-state index contributed by atoms with van der Waals surface area (Å²) in [5, 5.41) is 21.9.